The van der Waals surface area contributed by atoms with Crippen LogP contribution in [-0.4, -0.2) is 23.3 Å². The molecule has 6 nitrogen and oxygen atoms in total. The fraction of sp³-hybridized carbons (Fsp3) is 0.111. The molecule has 0 fully saturated rings. The predicted octanol–water partition coefficient (Wildman–Crippen LogP) is 2.22. The number of carbonyl (C=O) groups is 2. The third kappa shape index (κ3) is 3.65. The number of hydrogen-bond acceptors (Lipinski definition) is 5. The molecule has 0 spiro atoms. The van der Waals surface area contributed by atoms with Crippen LogP contribution in [0.2, 0.25) is 0 Å². The second kappa shape index (κ2) is 6.96. The fourth-order valence-corrected chi connectivity index (χ4v) is 2.53. The number of fused-ring (bicyclic) bond motifs is 1. The first kappa shape index (κ1) is 17.0. The third-order valence-corrected chi connectivity index (χ3v) is 3.92. The first-order valence-electron chi connectivity index (χ1n) is 7.35. The molecule has 0 aliphatic carbocycles. The van der Waals surface area contributed by atoms with Crippen LogP contribution in [0, 0.1) is 0 Å². The van der Waals surface area contributed by atoms with Crippen LogP contribution >= 0.6 is 11.6 Å². The maximum atomic E-state index is 12.4. The van der Waals surface area contributed by atoms with Crippen molar-refractivity contribution in [1.82, 2.24) is 0 Å². The van der Waals surface area contributed by atoms with Gasteiger partial charge in [0.15, 0.2) is 0 Å². The van der Waals surface area contributed by atoms with Gasteiger partial charge in [-0.15, -0.1) is 11.6 Å². The number of ether oxygens (including phenoxy) is 2. The minimum atomic E-state index is -1.46. The number of hydrogen-bond donors (Lipinski definition) is 2. The van der Waals surface area contributed by atoms with Crippen LogP contribution in [-0.2, 0) is 10.7 Å². The van der Waals surface area contributed by atoms with Crippen LogP contribution in [0.3, 0.4) is 0 Å². The smallest absolute Gasteiger partial charge is 0.345 e. The van der Waals surface area contributed by atoms with Gasteiger partial charge in [0.05, 0.1) is 0 Å². The van der Waals surface area contributed by atoms with Gasteiger partial charge in [-0.05, 0) is 42.0 Å². The molecule has 1 heterocycles. The van der Waals surface area contributed by atoms with E-state index >= 15 is 0 Å². The summed E-state index contributed by atoms with van der Waals surface area (Å²) in [6.45, 7) is 0. The molecule has 0 saturated heterocycles. The summed E-state index contributed by atoms with van der Waals surface area (Å²) in [6.07, 6.45) is 0.0287. The van der Waals surface area contributed by atoms with E-state index in [4.69, 9.17) is 26.8 Å². The van der Waals surface area contributed by atoms with Gasteiger partial charge < -0.3 is 20.3 Å². The van der Waals surface area contributed by atoms with Crippen LogP contribution in [0.4, 0.5) is 0 Å². The molecule has 0 bridgehead atoms. The molecule has 1 amide bonds. The average molecular weight is 360 g/mol. The average Bonchev–Trinajstić information content (AvgIpc) is 2.60. The summed E-state index contributed by atoms with van der Waals surface area (Å²) in [5.74, 6) is -0.552. The zero-order valence-corrected chi connectivity index (χ0v) is 13.7. The van der Waals surface area contributed by atoms with Gasteiger partial charge in [-0.25, -0.2) is 4.79 Å². The quantitative estimate of drug-likeness (QED) is 0.495. The second-order valence-electron chi connectivity index (χ2n) is 5.36. The first-order chi connectivity index (χ1) is 12.0. The van der Waals surface area contributed by atoms with Crippen LogP contribution in [0.5, 0.6) is 11.5 Å². The number of primary amides is 1. The van der Waals surface area contributed by atoms with Gasteiger partial charge >= 0.3 is 5.97 Å². The number of aliphatic hydroxyl groups is 1. The van der Waals surface area contributed by atoms with Crippen molar-refractivity contribution in [2.45, 2.75) is 12.2 Å². The Bertz CT molecular complexity index is 878. The molecule has 1 atom stereocenters. The lowest BCUT2D eigenvalue weighted by Gasteiger charge is -2.22. The molecule has 1 aliphatic rings. The van der Waals surface area contributed by atoms with Gasteiger partial charge in [0.1, 0.15) is 17.1 Å². The third-order valence-electron chi connectivity index (χ3n) is 3.61. The number of aliphatic hydroxyl groups excluding tert-OH is 1. The van der Waals surface area contributed by atoms with E-state index in [1.54, 1.807) is 18.2 Å². The highest BCUT2D eigenvalue weighted by Gasteiger charge is 2.27. The van der Waals surface area contributed by atoms with Crippen molar-refractivity contribution in [3.05, 3.63) is 64.7 Å². The van der Waals surface area contributed by atoms with Crippen molar-refractivity contribution in [2.75, 3.05) is 0 Å². The van der Waals surface area contributed by atoms with E-state index in [9.17, 15) is 14.7 Å². The van der Waals surface area contributed by atoms with Crippen molar-refractivity contribution in [3.8, 4) is 11.5 Å². The minimum Gasteiger partial charge on any atom is -0.460 e. The van der Waals surface area contributed by atoms with E-state index < -0.39 is 18.2 Å². The maximum absolute atomic E-state index is 12.4. The lowest BCUT2D eigenvalue weighted by Crippen LogP contribution is -2.29. The number of nitrogens with two attached hydrogens (primary N) is 1. The standard InChI is InChI=1S/C18H14ClNO5/c19-9-10-4-5-15-12(6-10)8-14(18(23)25-15)17(22)24-13-3-1-2-11(7-13)16(20)21/h1-8,18,23H,9H2,(H2,20,21). The van der Waals surface area contributed by atoms with Crippen LogP contribution in [0.25, 0.3) is 6.08 Å². The van der Waals surface area contributed by atoms with Gasteiger partial charge in [-0.1, -0.05) is 12.1 Å². The number of alkyl halides is 1. The predicted molar refractivity (Wildman–Crippen MR) is 91.2 cm³/mol. The SMILES string of the molecule is NC(=O)c1cccc(OC(=O)C2=Cc3cc(CCl)ccc3OC2O)c1. The Morgan fingerprint density at radius 2 is 2.04 bits per heavy atom. The highest BCUT2D eigenvalue weighted by Crippen LogP contribution is 2.31. The van der Waals surface area contributed by atoms with E-state index in [0.29, 0.717) is 17.2 Å². The van der Waals surface area contributed by atoms with E-state index in [2.05, 4.69) is 0 Å². The minimum absolute atomic E-state index is 0.0660. The molecule has 128 valence electrons. The fourth-order valence-electron chi connectivity index (χ4n) is 2.36. The number of rotatable bonds is 4. The van der Waals surface area contributed by atoms with E-state index in [-0.39, 0.29) is 16.9 Å². The molecule has 0 radical (unpaired) electrons. The lowest BCUT2D eigenvalue weighted by atomic mass is 10.0. The normalized spacial score (nSPS) is 15.6. The maximum Gasteiger partial charge on any atom is 0.345 e. The summed E-state index contributed by atoms with van der Waals surface area (Å²) in [5.41, 5.74) is 6.79. The second-order valence-corrected chi connectivity index (χ2v) is 5.62. The molecule has 1 aliphatic heterocycles. The Labute approximate surface area is 148 Å². The monoisotopic (exact) mass is 359 g/mol. The van der Waals surface area contributed by atoms with Gasteiger partial charge in [0, 0.05) is 17.0 Å². The molecular formula is C18H14ClNO5. The molecule has 7 heteroatoms. The molecule has 2 aromatic rings. The van der Waals surface area contributed by atoms with E-state index in [1.807, 2.05) is 0 Å². The molecule has 3 rings (SSSR count). The lowest BCUT2D eigenvalue weighted by molar-refractivity contribution is -0.133. The summed E-state index contributed by atoms with van der Waals surface area (Å²) in [4.78, 5) is 23.5. The Morgan fingerprint density at radius 1 is 1.24 bits per heavy atom. The zero-order chi connectivity index (χ0) is 18.0. The summed E-state index contributed by atoms with van der Waals surface area (Å²) in [6, 6.07) is 11.1. The number of benzene rings is 2. The molecule has 0 aromatic heterocycles. The van der Waals surface area contributed by atoms with Crippen molar-refractivity contribution in [3.63, 3.8) is 0 Å². The summed E-state index contributed by atoms with van der Waals surface area (Å²) in [7, 11) is 0. The number of carbonyl (C=O) groups excluding carboxylic acids is 2. The zero-order valence-electron chi connectivity index (χ0n) is 12.9. The Kier molecular flexibility index (Phi) is 4.74. The summed E-state index contributed by atoms with van der Waals surface area (Å²) in [5, 5.41) is 10.0. The van der Waals surface area contributed by atoms with Gasteiger partial charge in [-0.3, -0.25) is 4.79 Å². The molecule has 0 saturated carbocycles. The Hall–Kier alpha value is -2.83. The topological polar surface area (TPSA) is 98.9 Å². The van der Waals surface area contributed by atoms with Gasteiger partial charge in [0.2, 0.25) is 12.2 Å². The van der Waals surface area contributed by atoms with Crippen molar-refractivity contribution < 1.29 is 24.2 Å². The van der Waals surface area contributed by atoms with Crippen LogP contribution in [0.1, 0.15) is 21.5 Å². The number of esters is 1. The van der Waals surface area contributed by atoms with Crippen molar-refractivity contribution >= 4 is 29.6 Å². The number of amides is 1. The molecule has 2 aromatic carbocycles. The van der Waals surface area contributed by atoms with Crippen LogP contribution < -0.4 is 15.2 Å². The first-order valence-corrected chi connectivity index (χ1v) is 7.88. The largest absolute Gasteiger partial charge is 0.460 e. The summed E-state index contributed by atoms with van der Waals surface area (Å²) < 4.78 is 10.5. The molecule has 25 heavy (non-hydrogen) atoms. The Morgan fingerprint density at radius 3 is 2.76 bits per heavy atom. The van der Waals surface area contributed by atoms with Crippen LogP contribution in [0.15, 0.2) is 48.0 Å². The van der Waals surface area contributed by atoms with Gasteiger partial charge in [-0.2, -0.15) is 0 Å². The van der Waals surface area contributed by atoms with Crippen molar-refractivity contribution in [2.24, 2.45) is 5.73 Å². The van der Waals surface area contributed by atoms with Gasteiger partial charge in [0.25, 0.3) is 0 Å². The van der Waals surface area contributed by atoms with Crippen molar-refractivity contribution in [1.29, 1.82) is 0 Å². The van der Waals surface area contributed by atoms with E-state index in [1.165, 1.54) is 30.3 Å². The highest BCUT2D eigenvalue weighted by atomic mass is 35.5. The number of halogens is 1. The Balaban J connectivity index is 1.87. The molecular weight excluding hydrogens is 346 g/mol. The highest BCUT2D eigenvalue weighted by molar-refractivity contribution is 6.17. The summed E-state index contributed by atoms with van der Waals surface area (Å²) >= 11 is 5.80. The molecule has 1 unspecified atom stereocenters. The molecule has 3 N–H and O–H groups in total. The van der Waals surface area contributed by atoms with E-state index in [0.717, 1.165) is 5.56 Å².